The fourth-order valence-corrected chi connectivity index (χ4v) is 2.15. The molecular formula is C12H12N2O3S. The third-order valence-corrected chi connectivity index (χ3v) is 3.25. The molecule has 0 amide bonds. The molecule has 1 heterocycles. The minimum atomic E-state index is -0.927. The van der Waals surface area contributed by atoms with Crippen molar-refractivity contribution >= 4 is 17.7 Å². The summed E-state index contributed by atoms with van der Waals surface area (Å²) in [5, 5.41) is 12.7. The zero-order valence-corrected chi connectivity index (χ0v) is 10.6. The maximum Gasteiger partial charge on any atom is 0.335 e. The van der Waals surface area contributed by atoms with Gasteiger partial charge in [-0.3, -0.25) is 0 Å². The van der Waals surface area contributed by atoms with Crippen molar-refractivity contribution in [1.29, 1.82) is 0 Å². The molecule has 0 aliphatic heterocycles. The highest BCUT2D eigenvalue weighted by atomic mass is 32.2. The van der Waals surface area contributed by atoms with Crippen molar-refractivity contribution in [1.82, 2.24) is 10.1 Å². The van der Waals surface area contributed by atoms with Crippen molar-refractivity contribution < 1.29 is 14.4 Å². The van der Waals surface area contributed by atoms with E-state index in [1.807, 2.05) is 13.0 Å². The van der Waals surface area contributed by atoms with Crippen molar-refractivity contribution in [3.8, 4) is 0 Å². The molecule has 2 aromatic rings. The van der Waals surface area contributed by atoms with Crippen molar-refractivity contribution in [2.24, 2.45) is 0 Å². The number of carbonyl (C=O) groups is 1. The Kier molecular flexibility index (Phi) is 3.99. The van der Waals surface area contributed by atoms with Gasteiger partial charge < -0.3 is 9.63 Å². The van der Waals surface area contributed by atoms with E-state index in [-0.39, 0.29) is 5.56 Å². The maximum absolute atomic E-state index is 10.8. The lowest BCUT2D eigenvalue weighted by molar-refractivity contribution is 0.0696. The standard InChI is InChI=1S/C12H12N2O3S/c1-2-10-13-11(17-14-10)7-18-9-5-3-4-8(6-9)12(15)16/h3-6H,2,7H2,1H3,(H,15,16). The Morgan fingerprint density at radius 1 is 1.50 bits per heavy atom. The monoisotopic (exact) mass is 264 g/mol. The van der Waals surface area contributed by atoms with E-state index in [0.717, 1.165) is 11.3 Å². The van der Waals surface area contributed by atoms with Crippen LogP contribution in [0.3, 0.4) is 0 Å². The lowest BCUT2D eigenvalue weighted by Crippen LogP contribution is -1.95. The van der Waals surface area contributed by atoms with Crippen LogP contribution in [-0.2, 0) is 12.2 Å². The van der Waals surface area contributed by atoms with Crippen LogP contribution in [0.15, 0.2) is 33.7 Å². The second-order valence-electron chi connectivity index (χ2n) is 3.58. The van der Waals surface area contributed by atoms with Gasteiger partial charge in [-0.2, -0.15) is 4.98 Å². The van der Waals surface area contributed by atoms with Crippen molar-refractivity contribution in [3.63, 3.8) is 0 Å². The van der Waals surface area contributed by atoms with Crippen molar-refractivity contribution in [2.45, 2.75) is 24.0 Å². The van der Waals surface area contributed by atoms with E-state index in [2.05, 4.69) is 10.1 Å². The molecule has 6 heteroatoms. The van der Waals surface area contributed by atoms with Crippen LogP contribution >= 0.6 is 11.8 Å². The van der Waals surface area contributed by atoms with Crippen LogP contribution in [0.5, 0.6) is 0 Å². The number of aromatic carboxylic acids is 1. The summed E-state index contributed by atoms with van der Waals surface area (Å²) in [5.74, 6) is 0.849. The molecule has 5 nitrogen and oxygen atoms in total. The molecule has 2 rings (SSSR count). The molecular weight excluding hydrogens is 252 g/mol. The van der Waals surface area contributed by atoms with Gasteiger partial charge >= 0.3 is 5.97 Å². The summed E-state index contributed by atoms with van der Waals surface area (Å²) in [4.78, 5) is 15.9. The second-order valence-corrected chi connectivity index (χ2v) is 4.63. The average Bonchev–Trinajstić information content (AvgIpc) is 2.84. The third kappa shape index (κ3) is 3.10. The van der Waals surface area contributed by atoms with Gasteiger partial charge in [0.05, 0.1) is 11.3 Å². The van der Waals surface area contributed by atoms with Gasteiger partial charge in [-0.1, -0.05) is 18.1 Å². The van der Waals surface area contributed by atoms with E-state index in [9.17, 15) is 4.79 Å². The molecule has 0 unspecified atom stereocenters. The normalized spacial score (nSPS) is 10.5. The van der Waals surface area contributed by atoms with Crippen molar-refractivity contribution in [2.75, 3.05) is 0 Å². The van der Waals surface area contributed by atoms with Gasteiger partial charge in [0.2, 0.25) is 5.89 Å². The van der Waals surface area contributed by atoms with E-state index in [0.29, 0.717) is 17.5 Å². The van der Waals surface area contributed by atoms with Gasteiger partial charge in [-0.15, -0.1) is 11.8 Å². The predicted molar refractivity (Wildman–Crippen MR) is 66.6 cm³/mol. The third-order valence-electron chi connectivity index (χ3n) is 2.27. The Bertz CT molecular complexity index is 554. The summed E-state index contributed by atoms with van der Waals surface area (Å²) in [6.07, 6.45) is 0.739. The van der Waals surface area contributed by atoms with Crippen LogP contribution in [0.4, 0.5) is 0 Å². The molecule has 94 valence electrons. The van der Waals surface area contributed by atoms with Crippen LogP contribution < -0.4 is 0 Å². The first-order chi connectivity index (χ1) is 8.69. The van der Waals surface area contributed by atoms with Crippen LogP contribution in [0, 0.1) is 0 Å². The number of thioether (sulfide) groups is 1. The lowest BCUT2D eigenvalue weighted by atomic mass is 10.2. The number of carboxylic acids is 1. The van der Waals surface area contributed by atoms with Gasteiger partial charge in [0.25, 0.3) is 0 Å². The molecule has 1 aromatic heterocycles. The van der Waals surface area contributed by atoms with Gasteiger partial charge in [0, 0.05) is 11.3 Å². The first-order valence-electron chi connectivity index (χ1n) is 5.46. The first kappa shape index (κ1) is 12.6. The average molecular weight is 264 g/mol. The Labute approximate surface area is 108 Å². The molecule has 0 aliphatic carbocycles. The van der Waals surface area contributed by atoms with Crippen LogP contribution in [-0.4, -0.2) is 21.2 Å². The molecule has 0 fully saturated rings. The lowest BCUT2D eigenvalue weighted by Gasteiger charge is -1.99. The molecule has 0 saturated carbocycles. The summed E-state index contributed by atoms with van der Waals surface area (Å²) in [5.41, 5.74) is 0.278. The number of rotatable bonds is 5. The first-order valence-corrected chi connectivity index (χ1v) is 6.45. The molecule has 1 N–H and O–H groups in total. The second kappa shape index (κ2) is 5.68. The molecule has 0 atom stereocenters. The highest BCUT2D eigenvalue weighted by Gasteiger charge is 2.07. The van der Waals surface area contributed by atoms with Gasteiger partial charge in [-0.25, -0.2) is 4.79 Å². The quantitative estimate of drug-likeness (QED) is 0.836. The van der Waals surface area contributed by atoms with Gasteiger partial charge in [0.15, 0.2) is 5.82 Å². The fourth-order valence-electron chi connectivity index (χ4n) is 1.36. The molecule has 0 bridgehead atoms. The van der Waals surface area contributed by atoms with Crippen molar-refractivity contribution in [3.05, 3.63) is 41.5 Å². The Morgan fingerprint density at radius 3 is 3.00 bits per heavy atom. The summed E-state index contributed by atoms with van der Waals surface area (Å²) in [7, 11) is 0. The minimum absolute atomic E-state index is 0.278. The largest absolute Gasteiger partial charge is 0.478 e. The summed E-state index contributed by atoms with van der Waals surface area (Å²) in [6.45, 7) is 1.96. The van der Waals surface area contributed by atoms with Gasteiger partial charge in [0.1, 0.15) is 0 Å². The highest BCUT2D eigenvalue weighted by molar-refractivity contribution is 7.98. The molecule has 0 saturated heterocycles. The zero-order valence-electron chi connectivity index (χ0n) is 9.79. The number of aromatic nitrogens is 2. The zero-order chi connectivity index (χ0) is 13.0. The molecule has 0 spiro atoms. The Morgan fingerprint density at radius 2 is 2.33 bits per heavy atom. The van der Waals surface area contributed by atoms with E-state index in [1.165, 1.54) is 11.8 Å². The summed E-state index contributed by atoms with van der Waals surface area (Å²) in [6, 6.07) is 6.77. The number of hydrogen-bond acceptors (Lipinski definition) is 5. The smallest absolute Gasteiger partial charge is 0.335 e. The molecule has 1 aromatic carbocycles. The van der Waals surface area contributed by atoms with E-state index in [4.69, 9.17) is 9.63 Å². The highest BCUT2D eigenvalue weighted by Crippen LogP contribution is 2.23. The fraction of sp³-hybridized carbons (Fsp3) is 0.250. The number of hydrogen-bond donors (Lipinski definition) is 1. The van der Waals surface area contributed by atoms with Gasteiger partial charge in [-0.05, 0) is 18.2 Å². The number of nitrogens with zero attached hydrogens (tertiary/aromatic N) is 2. The number of aryl methyl sites for hydroxylation is 1. The molecule has 0 aliphatic rings. The minimum Gasteiger partial charge on any atom is -0.478 e. The predicted octanol–water partition coefficient (Wildman–Crippen LogP) is 2.62. The number of benzene rings is 1. The van der Waals surface area contributed by atoms with E-state index >= 15 is 0 Å². The number of carboxylic acid groups (broad SMARTS) is 1. The summed E-state index contributed by atoms with van der Waals surface area (Å²) >= 11 is 1.47. The molecule has 0 radical (unpaired) electrons. The van der Waals surface area contributed by atoms with Crippen LogP contribution in [0.25, 0.3) is 0 Å². The van der Waals surface area contributed by atoms with Crippen LogP contribution in [0.2, 0.25) is 0 Å². The topological polar surface area (TPSA) is 76.2 Å². The Balaban J connectivity index is 2.01. The maximum atomic E-state index is 10.8. The SMILES string of the molecule is CCc1noc(CSc2cccc(C(=O)O)c2)n1. The Hall–Kier alpha value is -1.82. The van der Waals surface area contributed by atoms with Crippen LogP contribution in [0.1, 0.15) is 29.0 Å². The molecule has 18 heavy (non-hydrogen) atoms. The van der Waals surface area contributed by atoms with E-state index < -0.39 is 5.97 Å². The van der Waals surface area contributed by atoms with E-state index in [1.54, 1.807) is 18.2 Å². The summed E-state index contributed by atoms with van der Waals surface area (Å²) < 4.78 is 5.06.